The summed E-state index contributed by atoms with van der Waals surface area (Å²) in [6.07, 6.45) is 3.15. The van der Waals surface area contributed by atoms with Crippen molar-refractivity contribution in [3.05, 3.63) is 53.6 Å². The number of rotatable bonds is 6. The number of carboxylic acid groups (broad SMARTS) is 1. The first-order chi connectivity index (χ1) is 12.8. The van der Waals surface area contributed by atoms with Crippen LogP contribution in [0.4, 0.5) is 4.39 Å². The topological polar surface area (TPSA) is 93.6 Å². The number of nitrogens with zero attached hydrogens (tertiary/aromatic N) is 1. The molecule has 1 fully saturated rings. The molecule has 1 aliphatic rings. The zero-order valence-corrected chi connectivity index (χ0v) is 15.7. The Balaban J connectivity index is 1.80. The summed E-state index contributed by atoms with van der Waals surface area (Å²) < 4.78 is 44.6. The van der Waals surface area contributed by atoms with Gasteiger partial charge in [-0.3, -0.25) is 9.78 Å². The van der Waals surface area contributed by atoms with Gasteiger partial charge in [-0.2, -0.15) is 0 Å². The number of pyridine rings is 1. The lowest BCUT2D eigenvalue weighted by atomic mass is 9.97. The van der Waals surface area contributed by atoms with Gasteiger partial charge >= 0.3 is 5.97 Å². The summed E-state index contributed by atoms with van der Waals surface area (Å²) in [5.41, 5.74) is 0. The Kier molecular flexibility index (Phi) is 5.67. The molecule has 9 heteroatoms. The summed E-state index contributed by atoms with van der Waals surface area (Å²) in [4.78, 5) is 15.3. The number of benzene rings is 1. The van der Waals surface area contributed by atoms with Gasteiger partial charge in [0, 0.05) is 12.1 Å². The van der Waals surface area contributed by atoms with Crippen LogP contribution in [-0.2, 0) is 14.6 Å². The lowest BCUT2D eigenvalue weighted by Gasteiger charge is -2.16. The van der Waals surface area contributed by atoms with Crippen molar-refractivity contribution in [1.29, 1.82) is 0 Å². The molecule has 0 unspecified atom stereocenters. The molecule has 0 aliphatic heterocycles. The van der Waals surface area contributed by atoms with Crippen LogP contribution in [0.3, 0.4) is 0 Å². The van der Waals surface area contributed by atoms with E-state index in [1.807, 2.05) is 0 Å². The third-order valence-electron chi connectivity index (χ3n) is 4.71. The van der Waals surface area contributed by atoms with E-state index in [1.165, 1.54) is 6.20 Å². The molecule has 1 aliphatic carbocycles. The first-order valence-corrected chi connectivity index (χ1v) is 10.2. The van der Waals surface area contributed by atoms with Crippen molar-refractivity contribution in [2.24, 2.45) is 11.8 Å². The van der Waals surface area contributed by atoms with Gasteiger partial charge in [0.05, 0.1) is 33.9 Å². The fourth-order valence-electron chi connectivity index (χ4n) is 3.34. The number of halogens is 2. The Morgan fingerprint density at radius 1 is 1.33 bits per heavy atom. The number of sulfone groups is 1. The second kappa shape index (κ2) is 7.82. The van der Waals surface area contributed by atoms with Gasteiger partial charge in [-0.1, -0.05) is 11.6 Å². The van der Waals surface area contributed by atoms with Crippen LogP contribution >= 0.6 is 11.6 Å². The minimum atomic E-state index is -3.90. The van der Waals surface area contributed by atoms with Crippen molar-refractivity contribution in [1.82, 2.24) is 4.98 Å². The van der Waals surface area contributed by atoms with Gasteiger partial charge < -0.3 is 9.84 Å². The standard InChI is InChI=1S/C18H17ClFNO5S/c19-16-7-12(20)3-4-17(16)27(24,25)14-6-11(15(8-14)18(22)23)10-26-13-2-1-5-21-9-13/h1-5,7,9,11,14-15H,6,8,10H2,(H,22,23)/t11-,14-,15+/m0/s1. The number of hydrogen-bond donors (Lipinski definition) is 1. The fourth-order valence-corrected chi connectivity index (χ4v) is 5.73. The number of aliphatic carboxylic acids is 1. The van der Waals surface area contributed by atoms with Gasteiger partial charge in [0.15, 0.2) is 9.84 Å². The molecule has 0 radical (unpaired) electrons. The molecule has 3 rings (SSSR count). The first kappa shape index (κ1) is 19.6. The zero-order chi connectivity index (χ0) is 19.6. The van der Waals surface area contributed by atoms with Crippen LogP contribution in [0.5, 0.6) is 5.75 Å². The zero-order valence-electron chi connectivity index (χ0n) is 14.1. The average Bonchev–Trinajstić information content (AvgIpc) is 3.06. The molecule has 1 aromatic heterocycles. The second-order valence-corrected chi connectivity index (χ2v) is 9.02. The summed E-state index contributed by atoms with van der Waals surface area (Å²) in [5.74, 6) is -2.58. The molecule has 1 N–H and O–H groups in total. The number of carboxylic acids is 1. The van der Waals surface area contributed by atoms with Gasteiger partial charge in [0.2, 0.25) is 0 Å². The van der Waals surface area contributed by atoms with E-state index in [2.05, 4.69) is 4.98 Å². The lowest BCUT2D eigenvalue weighted by molar-refractivity contribution is -0.143. The molecular weight excluding hydrogens is 397 g/mol. The highest BCUT2D eigenvalue weighted by atomic mass is 35.5. The van der Waals surface area contributed by atoms with Crippen LogP contribution in [0.2, 0.25) is 5.02 Å². The lowest BCUT2D eigenvalue weighted by Crippen LogP contribution is -2.23. The van der Waals surface area contributed by atoms with Crippen LogP contribution in [-0.4, -0.2) is 36.3 Å². The van der Waals surface area contributed by atoms with Crippen LogP contribution in [0, 0.1) is 17.7 Å². The summed E-state index contributed by atoms with van der Waals surface area (Å²) in [5, 5.41) is 8.35. The largest absolute Gasteiger partial charge is 0.492 e. The first-order valence-electron chi connectivity index (χ1n) is 8.23. The van der Waals surface area contributed by atoms with Crippen molar-refractivity contribution in [2.45, 2.75) is 23.0 Å². The molecule has 0 bridgehead atoms. The predicted molar refractivity (Wildman–Crippen MR) is 96.0 cm³/mol. The molecular formula is C18H17ClFNO5S. The van der Waals surface area contributed by atoms with E-state index in [-0.39, 0.29) is 29.4 Å². The van der Waals surface area contributed by atoms with E-state index in [0.717, 1.165) is 18.2 Å². The summed E-state index contributed by atoms with van der Waals surface area (Å²) in [7, 11) is -3.90. The van der Waals surface area contributed by atoms with E-state index in [1.54, 1.807) is 18.3 Å². The molecule has 0 spiro atoms. The molecule has 3 atom stereocenters. The molecule has 1 heterocycles. The predicted octanol–water partition coefficient (Wildman–Crippen LogP) is 3.21. The van der Waals surface area contributed by atoms with Gasteiger partial charge in [-0.05, 0) is 43.2 Å². The average molecular weight is 414 g/mol. The van der Waals surface area contributed by atoms with Crippen LogP contribution in [0.25, 0.3) is 0 Å². The van der Waals surface area contributed by atoms with Crippen molar-refractivity contribution >= 4 is 27.4 Å². The van der Waals surface area contributed by atoms with Crippen LogP contribution in [0.1, 0.15) is 12.8 Å². The van der Waals surface area contributed by atoms with Crippen LogP contribution in [0.15, 0.2) is 47.6 Å². The van der Waals surface area contributed by atoms with E-state index in [9.17, 15) is 22.7 Å². The Morgan fingerprint density at radius 3 is 2.74 bits per heavy atom. The second-order valence-electron chi connectivity index (χ2n) is 6.42. The van der Waals surface area contributed by atoms with Gasteiger partial charge in [-0.25, -0.2) is 12.8 Å². The van der Waals surface area contributed by atoms with E-state index >= 15 is 0 Å². The molecule has 1 aromatic carbocycles. The summed E-state index contributed by atoms with van der Waals surface area (Å²) in [6.45, 7) is 0.0613. The normalized spacial score (nSPS) is 22.5. The Morgan fingerprint density at radius 2 is 2.11 bits per heavy atom. The molecule has 0 saturated heterocycles. The Hall–Kier alpha value is -2.19. The number of aromatic nitrogens is 1. The number of ether oxygens (including phenoxy) is 1. The number of carbonyl (C=O) groups is 1. The third kappa shape index (κ3) is 4.22. The van der Waals surface area contributed by atoms with Gasteiger partial charge in [0.25, 0.3) is 0 Å². The van der Waals surface area contributed by atoms with E-state index < -0.39 is 38.7 Å². The fraction of sp³-hybridized carbons (Fsp3) is 0.333. The SMILES string of the molecule is O=C(O)[C@@H]1C[C@@H](S(=O)(=O)c2ccc(F)cc2Cl)C[C@H]1COc1cccnc1. The van der Waals surface area contributed by atoms with E-state index in [0.29, 0.717) is 5.75 Å². The molecule has 27 heavy (non-hydrogen) atoms. The molecule has 144 valence electrons. The quantitative estimate of drug-likeness (QED) is 0.731. The Bertz CT molecular complexity index is 938. The number of hydrogen-bond acceptors (Lipinski definition) is 5. The maximum Gasteiger partial charge on any atom is 0.306 e. The summed E-state index contributed by atoms with van der Waals surface area (Å²) >= 11 is 5.90. The van der Waals surface area contributed by atoms with Crippen LogP contribution < -0.4 is 4.74 Å². The summed E-state index contributed by atoms with van der Waals surface area (Å²) in [6, 6.07) is 6.43. The molecule has 1 saturated carbocycles. The highest BCUT2D eigenvalue weighted by Gasteiger charge is 2.45. The highest BCUT2D eigenvalue weighted by molar-refractivity contribution is 7.92. The minimum Gasteiger partial charge on any atom is -0.492 e. The highest BCUT2D eigenvalue weighted by Crippen LogP contribution is 2.40. The maximum absolute atomic E-state index is 13.2. The van der Waals surface area contributed by atoms with Crippen molar-refractivity contribution in [2.75, 3.05) is 6.61 Å². The van der Waals surface area contributed by atoms with Crippen molar-refractivity contribution in [3.63, 3.8) is 0 Å². The van der Waals surface area contributed by atoms with Gasteiger partial charge in [-0.15, -0.1) is 0 Å². The third-order valence-corrected chi connectivity index (χ3v) is 7.36. The maximum atomic E-state index is 13.2. The van der Waals surface area contributed by atoms with Gasteiger partial charge in [0.1, 0.15) is 11.6 Å². The van der Waals surface area contributed by atoms with E-state index in [4.69, 9.17) is 16.3 Å². The molecule has 6 nitrogen and oxygen atoms in total. The minimum absolute atomic E-state index is 0.0492. The Labute approximate surface area is 160 Å². The van der Waals surface area contributed by atoms with Crippen molar-refractivity contribution < 1.29 is 27.4 Å². The smallest absolute Gasteiger partial charge is 0.306 e. The van der Waals surface area contributed by atoms with Crippen molar-refractivity contribution in [3.8, 4) is 5.75 Å². The monoisotopic (exact) mass is 413 g/mol. The molecule has 0 amide bonds. The molecule has 2 aromatic rings.